The molecule has 7 heteroatoms. The van der Waals surface area contributed by atoms with Crippen molar-refractivity contribution in [2.45, 2.75) is 62.8 Å². The predicted molar refractivity (Wildman–Crippen MR) is 157 cm³/mol. The van der Waals surface area contributed by atoms with E-state index in [0.29, 0.717) is 18.4 Å². The maximum atomic E-state index is 14.2. The van der Waals surface area contributed by atoms with Crippen molar-refractivity contribution in [1.82, 2.24) is 19.8 Å². The molecule has 0 bridgehead atoms. The van der Waals surface area contributed by atoms with Crippen molar-refractivity contribution in [1.29, 1.82) is 0 Å². The molecular weight excluding hydrogens is 515 g/mol. The first kappa shape index (κ1) is 28.0. The van der Waals surface area contributed by atoms with Crippen LogP contribution in [0, 0.1) is 17.7 Å². The first-order chi connectivity index (χ1) is 20.0. The molecule has 0 radical (unpaired) electrons. The van der Waals surface area contributed by atoms with Crippen molar-refractivity contribution in [3.05, 3.63) is 95.3 Å². The van der Waals surface area contributed by atoms with Gasteiger partial charge in [-0.25, -0.2) is 14.4 Å². The Hall–Kier alpha value is -3.16. The van der Waals surface area contributed by atoms with Crippen molar-refractivity contribution in [3.8, 4) is 0 Å². The lowest BCUT2D eigenvalue weighted by Gasteiger charge is -2.35. The van der Waals surface area contributed by atoms with E-state index in [2.05, 4.69) is 33.0 Å². The van der Waals surface area contributed by atoms with Crippen LogP contribution in [-0.2, 0) is 11.2 Å². The van der Waals surface area contributed by atoms with E-state index >= 15 is 0 Å². The van der Waals surface area contributed by atoms with Gasteiger partial charge >= 0.3 is 5.97 Å². The number of hydrogen-bond acceptors (Lipinski definition) is 5. The molecule has 3 aromatic rings. The number of rotatable bonds is 10. The Morgan fingerprint density at radius 1 is 1.00 bits per heavy atom. The van der Waals surface area contributed by atoms with Crippen molar-refractivity contribution in [3.63, 3.8) is 0 Å². The van der Waals surface area contributed by atoms with E-state index in [0.717, 1.165) is 81.8 Å². The number of carboxylic acids is 1. The fourth-order valence-corrected chi connectivity index (χ4v) is 7.16. The SMILES string of the molecule is O=C(O)C(CC1CCC1)N1CC(CN2CCC(c3ccnc(Cc4ccccc4)n3)CC2)C(c2cccc(F)c2)C1. The molecule has 41 heavy (non-hydrogen) atoms. The highest BCUT2D eigenvalue weighted by Crippen LogP contribution is 2.39. The molecule has 2 aromatic carbocycles. The molecule has 0 spiro atoms. The van der Waals surface area contributed by atoms with Crippen LogP contribution >= 0.6 is 0 Å². The quantitative estimate of drug-likeness (QED) is 0.343. The summed E-state index contributed by atoms with van der Waals surface area (Å²) in [5.41, 5.74) is 3.35. The normalized spacial score (nSPS) is 23.3. The molecule has 6 rings (SSSR count). The van der Waals surface area contributed by atoms with E-state index in [1.54, 1.807) is 12.1 Å². The molecule has 3 unspecified atom stereocenters. The molecule has 3 aliphatic rings. The first-order valence-electron chi connectivity index (χ1n) is 15.3. The van der Waals surface area contributed by atoms with Crippen molar-refractivity contribution in [2.75, 3.05) is 32.7 Å². The minimum absolute atomic E-state index is 0.133. The van der Waals surface area contributed by atoms with Crippen molar-refractivity contribution < 1.29 is 14.3 Å². The van der Waals surface area contributed by atoms with Crippen LogP contribution in [0.2, 0.25) is 0 Å². The van der Waals surface area contributed by atoms with Crippen LogP contribution in [0.15, 0.2) is 66.9 Å². The minimum atomic E-state index is -0.715. The van der Waals surface area contributed by atoms with E-state index in [4.69, 9.17) is 4.98 Å². The number of aromatic nitrogens is 2. The number of nitrogens with zero attached hydrogens (tertiary/aromatic N) is 4. The summed E-state index contributed by atoms with van der Waals surface area (Å²) < 4.78 is 14.2. The Morgan fingerprint density at radius 3 is 2.51 bits per heavy atom. The number of likely N-dealkylation sites (tertiary alicyclic amines) is 2. The highest BCUT2D eigenvalue weighted by molar-refractivity contribution is 5.73. The molecule has 3 heterocycles. The highest BCUT2D eigenvalue weighted by atomic mass is 19.1. The number of benzene rings is 2. The van der Waals surface area contributed by atoms with Crippen LogP contribution < -0.4 is 0 Å². The third-order valence-corrected chi connectivity index (χ3v) is 9.68. The summed E-state index contributed by atoms with van der Waals surface area (Å²) in [6.45, 7) is 4.31. The maximum absolute atomic E-state index is 14.2. The van der Waals surface area contributed by atoms with Crippen LogP contribution in [0.4, 0.5) is 4.39 Å². The molecule has 2 saturated heterocycles. The van der Waals surface area contributed by atoms with Crippen LogP contribution in [0.5, 0.6) is 0 Å². The second-order valence-corrected chi connectivity index (χ2v) is 12.4. The van der Waals surface area contributed by atoms with Gasteiger partial charge in [-0.2, -0.15) is 0 Å². The van der Waals surface area contributed by atoms with Crippen molar-refractivity contribution in [2.24, 2.45) is 11.8 Å². The summed E-state index contributed by atoms with van der Waals surface area (Å²) in [7, 11) is 0. The molecule has 1 N–H and O–H groups in total. The first-order valence-corrected chi connectivity index (χ1v) is 15.3. The zero-order valence-electron chi connectivity index (χ0n) is 23.7. The van der Waals surface area contributed by atoms with Gasteiger partial charge in [-0.05, 0) is 73.5 Å². The van der Waals surface area contributed by atoms with E-state index in [1.165, 1.54) is 18.1 Å². The third kappa shape index (κ3) is 6.84. The van der Waals surface area contributed by atoms with Gasteiger partial charge in [0.25, 0.3) is 0 Å². The Morgan fingerprint density at radius 2 is 1.80 bits per heavy atom. The lowest BCUT2D eigenvalue weighted by Crippen LogP contribution is -2.43. The number of carboxylic acid groups (broad SMARTS) is 1. The number of hydrogen-bond donors (Lipinski definition) is 1. The van der Waals surface area contributed by atoms with Crippen LogP contribution in [0.1, 0.15) is 73.0 Å². The Labute approximate surface area is 242 Å². The molecule has 1 saturated carbocycles. The van der Waals surface area contributed by atoms with Crippen LogP contribution in [0.3, 0.4) is 0 Å². The van der Waals surface area contributed by atoms with E-state index in [-0.39, 0.29) is 17.7 Å². The van der Waals surface area contributed by atoms with E-state index < -0.39 is 12.0 Å². The molecule has 3 atom stereocenters. The Balaban J connectivity index is 1.10. The van der Waals surface area contributed by atoms with Gasteiger partial charge in [-0.3, -0.25) is 9.69 Å². The smallest absolute Gasteiger partial charge is 0.320 e. The molecule has 6 nitrogen and oxygen atoms in total. The van der Waals surface area contributed by atoms with E-state index in [1.807, 2.05) is 30.5 Å². The Kier molecular flexibility index (Phi) is 8.73. The predicted octanol–water partition coefficient (Wildman–Crippen LogP) is 5.74. The number of carbonyl (C=O) groups is 1. The van der Waals surface area contributed by atoms with Gasteiger partial charge in [-0.1, -0.05) is 61.7 Å². The zero-order valence-corrected chi connectivity index (χ0v) is 23.7. The maximum Gasteiger partial charge on any atom is 0.320 e. The summed E-state index contributed by atoms with van der Waals surface area (Å²) in [6.07, 6.45) is 8.95. The van der Waals surface area contributed by atoms with Gasteiger partial charge in [0.15, 0.2) is 0 Å². The van der Waals surface area contributed by atoms with Gasteiger partial charge < -0.3 is 10.0 Å². The average molecular weight is 557 g/mol. The molecular formula is C34H41FN4O2. The highest BCUT2D eigenvalue weighted by Gasteiger charge is 2.41. The van der Waals surface area contributed by atoms with Gasteiger partial charge in [0, 0.05) is 49.8 Å². The lowest BCUT2D eigenvalue weighted by atomic mass is 9.80. The second-order valence-electron chi connectivity index (χ2n) is 12.4. The summed E-state index contributed by atoms with van der Waals surface area (Å²) in [6, 6.07) is 18.9. The monoisotopic (exact) mass is 556 g/mol. The Bertz CT molecular complexity index is 1310. The summed E-state index contributed by atoms with van der Waals surface area (Å²) >= 11 is 0. The van der Waals surface area contributed by atoms with Crippen LogP contribution in [-0.4, -0.2) is 69.6 Å². The number of aliphatic carboxylic acids is 1. The lowest BCUT2D eigenvalue weighted by molar-refractivity contribution is -0.144. The molecule has 3 fully saturated rings. The van der Waals surface area contributed by atoms with Gasteiger partial charge in [0.2, 0.25) is 0 Å². The molecule has 1 aromatic heterocycles. The largest absolute Gasteiger partial charge is 0.480 e. The topological polar surface area (TPSA) is 69.6 Å². The van der Waals surface area contributed by atoms with Gasteiger partial charge in [0.1, 0.15) is 17.7 Å². The average Bonchev–Trinajstić information content (AvgIpc) is 3.36. The molecule has 1 aliphatic carbocycles. The second kappa shape index (κ2) is 12.8. The van der Waals surface area contributed by atoms with E-state index in [9.17, 15) is 14.3 Å². The van der Waals surface area contributed by atoms with Crippen molar-refractivity contribution >= 4 is 5.97 Å². The molecule has 216 valence electrons. The summed E-state index contributed by atoms with van der Waals surface area (Å²) in [5.74, 6) is 1.28. The van der Waals surface area contributed by atoms with Gasteiger partial charge in [0.05, 0.1) is 0 Å². The zero-order chi connectivity index (χ0) is 28.2. The van der Waals surface area contributed by atoms with Gasteiger partial charge in [-0.15, -0.1) is 0 Å². The fourth-order valence-electron chi connectivity index (χ4n) is 7.16. The molecule has 0 amide bonds. The summed E-state index contributed by atoms with van der Waals surface area (Å²) in [5, 5.41) is 10.1. The van der Waals surface area contributed by atoms with Crippen LogP contribution in [0.25, 0.3) is 0 Å². The fraction of sp³-hybridized carbons (Fsp3) is 0.500. The molecule has 2 aliphatic heterocycles. The number of halogens is 1. The standard InChI is InChI=1S/C34H41FN4O2/c35-29-11-5-10-27(20-29)30-23-39(32(34(40)41)18-24-8-4-9-24)22-28(30)21-38-16-13-26(14-17-38)31-12-15-36-33(37-31)19-25-6-2-1-3-7-25/h1-3,5-7,10-12,15,20,24,26,28,30,32H,4,8-9,13-14,16-19,21-23H2,(H,40,41). The third-order valence-electron chi connectivity index (χ3n) is 9.68. The number of piperidine rings is 1. The summed E-state index contributed by atoms with van der Waals surface area (Å²) in [4.78, 5) is 26.5. The minimum Gasteiger partial charge on any atom is -0.480 e.